The Bertz CT molecular complexity index is 505. The van der Waals surface area contributed by atoms with E-state index in [1.54, 1.807) is 32.9 Å². The highest BCUT2D eigenvalue weighted by atomic mass is 79.9. The minimum atomic E-state index is -0.880. The molecule has 0 saturated heterocycles. The molecule has 0 amide bonds. The van der Waals surface area contributed by atoms with Crippen molar-refractivity contribution in [2.24, 2.45) is 0 Å². The van der Waals surface area contributed by atoms with E-state index >= 15 is 0 Å². The van der Waals surface area contributed by atoms with Gasteiger partial charge in [-0.25, -0.2) is 0 Å². The average molecular weight is 348 g/mol. The summed E-state index contributed by atoms with van der Waals surface area (Å²) in [6.45, 7) is 5.37. The average Bonchev–Trinajstić information content (AvgIpc) is 2.31. The van der Waals surface area contributed by atoms with Gasteiger partial charge in [0.05, 0.1) is 16.4 Å². The van der Waals surface area contributed by atoms with E-state index in [2.05, 4.69) is 15.9 Å². The molecule has 0 atom stereocenters. The van der Waals surface area contributed by atoms with E-state index in [0.717, 1.165) is 11.8 Å². The van der Waals surface area contributed by atoms with Crippen molar-refractivity contribution in [1.82, 2.24) is 0 Å². The molecule has 0 spiro atoms. The number of ether oxygens (including phenoxy) is 1. The Morgan fingerprint density at radius 2 is 2.16 bits per heavy atom. The number of esters is 1. The fourth-order valence-corrected chi connectivity index (χ4v) is 2.76. The second kappa shape index (κ2) is 6.38. The smallest absolute Gasteiger partial charge is 0.321 e. The van der Waals surface area contributed by atoms with Gasteiger partial charge in [-0.05, 0) is 32.9 Å². The molecule has 0 fully saturated rings. The van der Waals surface area contributed by atoms with E-state index in [1.165, 1.54) is 6.07 Å². The Balaban J connectivity index is 3.05. The quantitative estimate of drug-likeness (QED) is 0.350. The summed E-state index contributed by atoms with van der Waals surface area (Å²) in [4.78, 5) is 22.8. The van der Waals surface area contributed by atoms with Crippen molar-refractivity contribution < 1.29 is 14.5 Å². The number of nitro groups is 1. The third-order valence-electron chi connectivity index (χ3n) is 2.25. The van der Waals surface area contributed by atoms with Gasteiger partial charge in [-0.1, -0.05) is 15.9 Å². The number of hydrogen-bond acceptors (Lipinski definition) is 5. The minimum absolute atomic E-state index is 0.0308. The molecular weight excluding hydrogens is 334 g/mol. The zero-order chi connectivity index (χ0) is 14.6. The van der Waals surface area contributed by atoms with E-state index in [1.807, 2.05) is 0 Å². The highest BCUT2D eigenvalue weighted by Gasteiger charge is 2.33. The van der Waals surface area contributed by atoms with Crippen LogP contribution in [0, 0.1) is 10.1 Å². The van der Waals surface area contributed by atoms with Gasteiger partial charge in [0.15, 0.2) is 0 Å². The van der Waals surface area contributed by atoms with Crippen LogP contribution in [0.3, 0.4) is 0 Å². The predicted molar refractivity (Wildman–Crippen MR) is 77.4 cm³/mol. The van der Waals surface area contributed by atoms with Gasteiger partial charge in [0.2, 0.25) is 0 Å². The minimum Gasteiger partial charge on any atom is -0.465 e. The summed E-state index contributed by atoms with van der Waals surface area (Å²) in [6.07, 6.45) is 0. The lowest BCUT2D eigenvalue weighted by Crippen LogP contribution is -2.30. The second-order valence-electron chi connectivity index (χ2n) is 4.20. The van der Waals surface area contributed by atoms with E-state index in [0.29, 0.717) is 9.37 Å². The van der Waals surface area contributed by atoms with Gasteiger partial charge < -0.3 is 4.74 Å². The predicted octanol–water partition coefficient (Wildman–Crippen LogP) is 3.79. The third kappa shape index (κ3) is 4.21. The van der Waals surface area contributed by atoms with Crippen molar-refractivity contribution in [3.8, 4) is 0 Å². The molecule has 0 saturated carbocycles. The number of nitro benzene ring substituents is 1. The van der Waals surface area contributed by atoms with Crippen LogP contribution in [0.15, 0.2) is 27.6 Å². The lowest BCUT2D eigenvalue weighted by Gasteiger charge is -2.21. The van der Waals surface area contributed by atoms with Gasteiger partial charge in [-0.2, -0.15) is 0 Å². The first kappa shape index (κ1) is 16.0. The standard InChI is InChI=1S/C12H14BrNO4S/c1-4-18-11(15)12(2,3)19-10-6-5-8(13)7-9(10)14(16)17/h5-7H,4H2,1-3H3. The number of thioether (sulfide) groups is 1. The molecule has 0 unspecified atom stereocenters. The topological polar surface area (TPSA) is 69.4 Å². The van der Waals surface area contributed by atoms with Gasteiger partial charge in [0.25, 0.3) is 5.69 Å². The summed E-state index contributed by atoms with van der Waals surface area (Å²) in [6, 6.07) is 4.74. The molecule has 0 aromatic heterocycles. The summed E-state index contributed by atoms with van der Waals surface area (Å²) in [7, 11) is 0. The molecule has 19 heavy (non-hydrogen) atoms. The molecule has 7 heteroatoms. The van der Waals surface area contributed by atoms with E-state index < -0.39 is 15.6 Å². The normalized spacial score (nSPS) is 11.2. The molecule has 104 valence electrons. The number of benzene rings is 1. The Hall–Kier alpha value is -1.08. The summed E-state index contributed by atoms with van der Waals surface area (Å²) < 4.78 is 4.71. The van der Waals surface area contributed by atoms with Crippen LogP contribution in [0.4, 0.5) is 5.69 Å². The molecule has 0 radical (unpaired) electrons. The summed E-state index contributed by atoms with van der Waals surface area (Å²) in [5, 5.41) is 11.0. The zero-order valence-corrected chi connectivity index (χ0v) is 13.2. The highest BCUT2D eigenvalue weighted by Crippen LogP contribution is 2.39. The van der Waals surface area contributed by atoms with Crippen LogP contribution in [0.5, 0.6) is 0 Å². The van der Waals surface area contributed by atoms with Crippen molar-refractivity contribution in [1.29, 1.82) is 0 Å². The van der Waals surface area contributed by atoms with E-state index in [9.17, 15) is 14.9 Å². The third-order valence-corrected chi connectivity index (χ3v) is 3.99. The van der Waals surface area contributed by atoms with Crippen molar-refractivity contribution in [3.63, 3.8) is 0 Å². The molecular formula is C12H14BrNO4S. The lowest BCUT2D eigenvalue weighted by molar-refractivity contribution is -0.387. The number of carbonyl (C=O) groups excluding carboxylic acids is 1. The molecule has 0 N–H and O–H groups in total. The first-order valence-electron chi connectivity index (χ1n) is 5.58. The zero-order valence-electron chi connectivity index (χ0n) is 10.8. The lowest BCUT2D eigenvalue weighted by atomic mass is 10.2. The largest absolute Gasteiger partial charge is 0.465 e. The Labute approximate surface area is 124 Å². The van der Waals surface area contributed by atoms with Crippen LogP contribution in [0.1, 0.15) is 20.8 Å². The fourth-order valence-electron chi connectivity index (χ4n) is 1.34. The van der Waals surface area contributed by atoms with Crippen molar-refractivity contribution in [2.75, 3.05) is 6.61 Å². The van der Waals surface area contributed by atoms with Gasteiger partial charge in [0.1, 0.15) is 4.75 Å². The molecule has 0 aliphatic heterocycles. The van der Waals surface area contributed by atoms with Gasteiger partial charge in [-0.3, -0.25) is 14.9 Å². The van der Waals surface area contributed by atoms with Crippen LogP contribution >= 0.6 is 27.7 Å². The maximum atomic E-state index is 11.8. The van der Waals surface area contributed by atoms with E-state index in [-0.39, 0.29) is 12.3 Å². The number of halogens is 1. The number of nitrogens with zero attached hydrogens (tertiary/aromatic N) is 1. The molecule has 0 aliphatic rings. The van der Waals surface area contributed by atoms with Gasteiger partial charge in [0, 0.05) is 10.5 Å². The first-order chi connectivity index (χ1) is 8.77. The molecule has 5 nitrogen and oxygen atoms in total. The maximum Gasteiger partial charge on any atom is 0.321 e. The Morgan fingerprint density at radius 1 is 1.53 bits per heavy atom. The SMILES string of the molecule is CCOC(=O)C(C)(C)Sc1ccc(Br)cc1[N+](=O)[O-]. The van der Waals surface area contributed by atoms with Gasteiger partial charge in [-0.15, -0.1) is 11.8 Å². The monoisotopic (exact) mass is 347 g/mol. The van der Waals surface area contributed by atoms with Crippen LogP contribution in [-0.2, 0) is 9.53 Å². The number of hydrogen-bond donors (Lipinski definition) is 0. The summed E-state index contributed by atoms with van der Waals surface area (Å²) in [5.74, 6) is -0.391. The molecule has 0 heterocycles. The number of carbonyl (C=O) groups is 1. The Morgan fingerprint density at radius 3 is 2.68 bits per heavy atom. The van der Waals surface area contributed by atoms with Crippen molar-refractivity contribution >= 4 is 39.3 Å². The van der Waals surface area contributed by atoms with Crippen LogP contribution in [0.25, 0.3) is 0 Å². The fraction of sp³-hybridized carbons (Fsp3) is 0.417. The number of rotatable bonds is 5. The first-order valence-corrected chi connectivity index (χ1v) is 7.19. The summed E-state index contributed by atoms with van der Waals surface area (Å²) >= 11 is 4.31. The van der Waals surface area contributed by atoms with Crippen LogP contribution in [-0.4, -0.2) is 22.2 Å². The Kier molecular flexibility index (Phi) is 5.37. The van der Waals surface area contributed by atoms with E-state index in [4.69, 9.17) is 4.74 Å². The molecule has 1 aromatic rings. The highest BCUT2D eigenvalue weighted by molar-refractivity contribution is 9.10. The maximum absolute atomic E-state index is 11.8. The van der Waals surface area contributed by atoms with Gasteiger partial charge >= 0.3 is 5.97 Å². The molecule has 1 aromatic carbocycles. The second-order valence-corrected chi connectivity index (χ2v) is 6.78. The molecule has 0 aliphatic carbocycles. The molecule has 0 bridgehead atoms. The van der Waals surface area contributed by atoms with Crippen molar-refractivity contribution in [2.45, 2.75) is 30.4 Å². The van der Waals surface area contributed by atoms with Crippen LogP contribution in [0.2, 0.25) is 0 Å². The van der Waals surface area contributed by atoms with Crippen LogP contribution < -0.4 is 0 Å². The summed E-state index contributed by atoms with van der Waals surface area (Å²) in [5.41, 5.74) is -0.0308. The molecule has 1 rings (SSSR count). The van der Waals surface area contributed by atoms with Crippen molar-refractivity contribution in [3.05, 3.63) is 32.8 Å².